The van der Waals surface area contributed by atoms with E-state index >= 15 is 0 Å². The molecule has 176 valence electrons. The van der Waals surface area contributed by atoms with Crippen LogP contribution in [0.1, 0.15) is 96.4 Å². The Morgan fingerprint density at radius 2 is 1.15 bits per heavy atom. The summed E-state index contributed by atoms with van der Waals surface area (Å²) in [7, 11) is 0. The number of hydrogen-bond acceptors (Lipinski definition) is 6. The Hall–Kier alpha value is -3.54. The number of carbonyl (C=O) groups is 4. The van der Waals surface area contributed by atoms with E-state index in [1.54, 1.807) is 38.1 Å². The summed E-state index contributed by atoms with van der Waals surface area (Å²) in [6.07, 6.45) is 0.898. The molecule has 6 nitrogen and oxygen atoms in total. The number of aryl methyl sites for hydroxylation is 2. The lowest BCUT2D eigenvalue weighted by Gasteiger charge is -2.15. The third-order valence-electron chi connectivity index (χ3n) is 5.29. The fourth-order valence-electron chi connectivity index (χ4n) is 3.75. The minimum Gasteiger partial charge on any atom is -0.289 e. The zero-order valence-corrected chi connectivity index (χ0v) is 20.4. The van der Waals surface area contributed by atoms with Crippen molar-refractivity contribution in [2.24, 2.45) is 11.8 Å². The predicted octanol–water partition coefficient (Wildman–Crippen LogP) is 5.48. The molecule has 0 fully saturated rings. The van der Waals surface area contributed by atoms with Crippen LogP contribution in [0, 0.1) is 25.7 Å². The second kappa shape index (κ2) is 10.2. The topological polar surface area (TPSA) is 94.1 Å². The zero-order chi connectivity index (χ0) is 26.9. The summed E-state index contributed by atoms with van der Waals surface area (Å²) < 4.78 is 15.7. The molecule has 0 saturated heterocycles. The lowest BCUT2D eigenvalue weighted by molar-refractivity contribution is 0.0975. The predicted molar refractivity (Wildman–Crippen MR) is 130 cm³/mol. The lowest BCUT2D eigenvalue weighted by atomic mass is 9.88. The van der Waals surface area contributed by atoms with Crippen LogP contribution in [0.2, 0.25) is 0 Å². The fraction of sp³-hybridized carbons (Fsp3) is 0.357. The first-order valence-electron chi connectivity index (χ1n) is 12.4. The highest BCUT2D eigenvalue weighted by atomic mass is 16.1. The third-order valence-corrected chi connectivity index (χ3v) is 5.29. The largest absolute Gasteiger partial charge is 0.289 e. The van der Waals surface area contributed by atoms with E-state index in [-0.39, 0.29) is 52.5 Å². The summed E-state index contributed by atoms with van der Waals surface area (Å²) >= 11 is 0. The zero-order valence-electron chi connectivity index (χ0n) is 22.4. The van der Waals surface area contributed by atoms with Crippen molar-refractivity contribution < 1.29 is 21.9 Å². The van der Waals surface area contributed by atoms with Crippen molar-refractivity contribution in [3.05, 3.63) is 81.4 Å². The van der Waals surface area contributed by atoms with E-state index in [1.165, 1.54) is 0 Å². The number of hydrogen-bond donors (Lipinski definition) is 0. The van der Waals surface area contributed by atoms with Crippen LogP contribution in [0.3, 0.4) is 0 Å². The van der Waals surface area contributed by atoms with Crippen molar-refractivity contribution >= 4 is 23.1 Å². The van der Waals surface area contributed by atoms with E-state index in [1.807, 2.05) is 27.7 Å². The van der Waals surface area contributed by atoms with Crippen molar-refractivity contribution in [2.75, 3.05) is 0 Å². The number of pyridine rings is 2. The number of fused-ring (bicyclic) bond motifs is 2. The van der Waals surface area contributed by atoms with Crippen LogP contribution in [-0.4, -0.2) is 33.1 Å². The monoisotopic (exact) mass is 460 g/mol. The van der Waals surface area contributed by atoms with Crippen LogP contribution in [0.15, 0.2) is 47.5 Å². The van der Waals surface area contributed by atoms with Gasteiger partial charge >= 0.3 is 0 Å². The van der Waals surface area contributed by atoms with E-state index in [0.717, 1.165) is 0 Å². The quantitative estimate of drug-likeness (QED) is 0.599. The van der Waals surface area contributed by atoms with Gasteiger partial charge in [-0.1, -0.05) is 27.7 Å². The van der Waals surface area contributed by atoms with Gasteiger partial charge in [0.15, 0.2) is 11.6 Å². The summed E-state index contributed by atoms with van der Waals surface area (Å²) in [6.45, 7) is 11.4. The van der Waals surface area contributed by atoms with Crippen molar-refractivity contribution in [3.63, 3.8) is 0 Å². The summed E-state index contributed by atoms with van der Waals surface area (Å²) in [5.74, 6) is -0.875. The van der Waals surface area contributed by atoms with Crippen LogP contribution in [0.5, 0.6) is 0 Å². The normalized spacial score (nSPS) is 16.4. The molecule has 2 aromatic rings. The standard InChI is InChI=1S/2C14H15NO2/c1-8(2)6-10-7-12(16)13-11(14(10)17)5-4-9(3)15-13;1-8(2)6-10-7-12(16)11-5-4-9(3)15-13(11)14(10)17/h2*4-5,7-8H,6H2,1-3H3/i2*7D. The van der Waals surface area contributed by atoms with Gasteiger partial charge in [0.25, 0.3) is 0 Å². The number of ketones is 4. The van der Waals surface area contributed by atoms with Crippen molar-refractivity contribution in [1.82, 2.24) is 9.97 Å². The minimum absolute atomic E-state index is 0.123. The highest BCUT2D eigenvalue weighted by molar-refractivity contribution is 6.24. The van der Waals surface area contributed by atoms with E-state index in [9.17, 15) is 19.2 Å². The number of allylic oxidation sites excluding steroid dienone is 4. The molecule has 2 aromatic heterocycles. The number of nitrogens with zero attached hydrogens (tertiary/aromatic N) is 2. The van der Waals surface area contributed by atoms with Gasteiger partial charge in [0.2, 0.25) is 11.6 Å². The van der Waals surface area contributed by atoms with Gasteiger partial charge in [-0.3, -0.25) is 19.2 Å². The molecule has 2 heterocycles. The summed E-state index contributed by atoms with van der Waals surface area (Å²) in [5.41, 5.74) is 2.89. The van der Waals surface area contributed by atoms with Crippen molar-refractivity contribution in [2.45, 2.75) is 54.4 Å². The second-order valence-electron chi connectivity index (χ2n) is 9.42. The SMILES string of the molecule is [2H]C1=C(CC(C)C)C(=O)c2ccc(C)nc2C1=O.[2H]C1=C(CC(C)C)C(=O)c2nc(C)ccc2C1=O. The molecule has 0 atom stereocenters. The van der Waals surface area contributed by atoms with Crippen LogP contribution in [0.25, 0.3) is 0 Å². The molecular formula is C28H30N2O4. The van der Waals surface area contributed by atoms with E-state index in [4.69, 9.17) is 2.74 Å². The first-order chi connectivity index (χ1) is 16.8. The average molecular weight is 461 g/mol. The maximum absolute atomic E-state index is 12.3. The summed E-state index contributed by atoms with van der Waals surface area (Å²) in [5, 5.41) is 0. The Labute approximate surface area is 203 Å². The second-order valence-corrected chi connectivity index (χ2v) is 9.42. The molecule has 6 heteroatoms. The molecule has 34 heavy (non-hydrogen) atoms. The summed E-state index contributed by atoms with van der Waals surface area (Å²) in [4.78, 5) is 56.8. The number of Topliss-reactive ketones (excluding diaryl/α,β-unsaturated/α-hetero) is 2. The molecule has 0 unspecified atom stereocenters. The van der Waals surface area contributed by atoms with Crippen molar-refractivity contribution in [3.8, 4) is 0 Å². The van der Waals surface area contributed by atoms with Gasteiger partial charge in [-0.25, -0.2) is 9.97 Å². The molecule has 0 saturated carbocycles. The Kier molecular flexibility index (Phi) is 6.65. The van der Waals surface area contributed by atoms with E-state index < -0.39 is 11.6 Å². The smallest absolute Gasteiger partial charge is 0.208 e. The molecule has 0 N–H and O–H groups in total. The number of aromatic nitrogens is 2. The fourth-order valence-corrected chi connectivity index (χ4v) is 3.75. The molecule has 0 radical (unpaired) electrons. The van der Waals surface area contributed by atoms with Gasteiger partial charge in [0.05, 0.1) is 13.9 Å². The minimum atomic E-state index is -0.441. The maximum atomic E-state index is 12.3. The molecule has 2 aliphatic rings. The highest BCUT2D eigenvalue weighted by Gasteiger charge is 2.28. The maximum Gasteiger partial charge on any atom is 0.208 e. The van der Waals surface area contributed by atoms with E-state index in [2.05, 4.69) is 9.97 Å². The number of rotatable bonds is 4. The summed E-state index contributed by atoms with van der Waals surface area (Å²) in [6, 6.07) is 6.24. The Bertz CT molecular complexity index is 1350. The Morgan fingerprint density at radius 3 is 1.71 bits per heavy atom. The highest BCUT2D eigenvalue weighted by Crippen LogP contribution is 2.25. The molecule has 0 bridgehead atoms. The lowest BCUT2D eigenvalue weighted by Crippen LogP contribution is -2.20. The van der Waals surface area contributed by atoms with Gasteiger partial charge in [-0.05, 0) is 74.9 Å². The van der Waals surface area contributed by atoms with Crippen LogP contribution in [-0.2, 0) is 0 Å². The average Bonchev–Trinajstić information content (AvgIpc) is 2.81. The third kappa shape index (κ3) is 5.50. The Morgan fingerprint density at radius 1 is 0.676 bits per heavy atom. The van der Waals surface area contributed by atoms with Crippen molar-refractivity contribution in [1.29, 1.82) is 0 Å². The van der Waals surface area contributed by atoms with E-state index in [0.29, 0.717) is 40.9 Å². The van der Waals surface area contributed by atoms with Crippen LogP contribution < -0.4 is 0 Å². The van der Waals surface area contributed by atoms with Crippen LogP contribution in [0.4, 0.5) is 0 Å². The number of carbonyl (C=O) groups excluding carboxylic acids is 4. The van der Waals surface area contributed by atoms with Gasteiger partial charge in [0, 0.05) is 22.5 Å². The molecule has 0 aromatic carbocycles. The van der Waals surface area contributed by atoms with Gasteiger partial charge in [-0.15, -0.1) is 0 Å². The molecule has 4 rings (SSSR count). The molecule has 0 amide bonds. The van der Waals surface area contributed by atoms with Gasteiger partial charge in [-0.2, -0.15) is 0 Å². The first kappa shape index (κ1) is 22.3. The molecular weight excluding hydrogens is 428 g/mol. The van der Waals surface area contributed by atoms with Gasteiger partial charge in [0.1, 0.15) is 11.4 Å². The van der Waals surface area contributed by atoms with Gasteiger partial charge < -0.3 is 0 Å². The Balaban J connectivity index is 0.000000201. The molecule has 0 aliphatic heterocycles. The van der Waals surface area contributed by atoms with Crippen LogP contribution >= 0.6 is 0 Å². The first-order valence-corrected chi connectivity index (χ1v) is 11.4. The molecule has 0 spiro atoms. The molecule has 2 aliphatic carbocycles.